The van der Waals surface area contributed by atoms with E-state index in [0.29, 0.717) is 43.1 Å². The lowest BCUT2D eigenvalue weighted by Crippen LogP contribution is -2.42. The molecule has 1 saturated heterocycles. The summed E-state index contributed by atoms with van der Waals surface area (Å²) in [6, 6.07) is 10.7. The van der Waals surface area contributed by atoms with Crippen LogP contribution in [-0.4, -0.2) is 30.0 Å². The first-order chi connectivity index (χ1) is 12.0. The van der Waals surface area contributed by atoms with Gasteiger partial charge in [0.1, 0.15) is 11.9 Å². The van der Waals surface area contributed by atoms with E-state index in [4.69, 9.17) is 16.3 Å². The lowest BCUT2D eigenvalue weighted by atomic mass is 10.1. The molecule has 0 aromatic heterocycles. The zero-order valence-corrected chi connectivity index (χ0v) is 14.3. The number of rotatable bonds is 4. The van der Waals surface area contributed by atoms with E-state index in [1.807, 2.05) is 12.1 Å². The van der Waals surface area contributed by atoms with Gasteiger partial charge in [-0.2, -0.15) is 0 Å². The molecule has 0 radical (unpaired) electrons. The smallest absolute Gasteiger partial charge is 0.226 e. The minimum absolute atomic E-state index is 0.0635. The van der Waals surface area contributed by atoms with E-state index in [1.54, 1.807) is 17.0 Å². The van der Waals surface area contributed by atoms with Crippen molar-refractivity contribution in [1.29, 1.82) is 0 Å². The van der Waals surface area contributed by atoms with Crippen LogP contribution in [-0.2, 0) is 11.2 Å². The molecule has 3 rings (SSSR count). The van der Waals surface area contributed by atoms with Crippen molar-refractivity contribution in [2.75, 3.05) is 13.1 Å². The average Bonchev–Trinajstić information content (AvgIpc) is 2.61. The van der Waals surface area contributed by atoms with Crippen LogP contribution in [0.25, 0.3) is 0 Å². The van der Waals surface area contributed by atoms with Crippen LogP contribution in [0.3, 0.4) is 0 Å². The Morgan fingerprint density at radius 3 is 2.40 bits per heavy atom. The molecule has 0 bridgehead atoms. The van der Waals surface area contributed by atoms with Gasteiger partial charge in [-0.05, 0) is 29.8 Å². The van der Waals surface area contributed by atoms with Gasteiger partial charge in [0.2, 0.25) is 5.91 Å². The molecule has 1 heterocycles. The van der Waals surface area contributed by atoms with Gasteiger partial charge >= 0.3 is 0 Å². The predicted molar refractivity (Wildman–Crippen MR) is 91.7 cm³/mol. The summed E-state index contributed by atoms with van der Waals surface area (Å²) in [4.78, 5) is 14.2. The molecule has 6 heteroatoms. The monoisotopic (exact) mass is 365 g/mol. The lowest BCUT2D eigenvalue weighted by Gasteiger charge is -2.32. The Hall–Kier alpha value is -2.14. The van der Waals surface area contributed by atoms with Crippen LogP contribution in [0.4, 0.5) is 8.78 Å². The van der Waals surface area contributed by atoms with Crippen molar-refractivity contribution in [3.63, 3.8) is 0 Å². The first-order valence-corrected chi connectivity index (χ1v) is 8.53. The summed E-state index contributed by atoms with van der Waals surface area (Å²) < 4.78 is 31.8. The molecule has 1 aliphatic heterocycles. The van der Waals surface area contributed by atoms with Crippen LogP contribution in [0.2, 0.25) is 5.02 Å². The molecule has 1 fully saturated rings. The van der Waals surface area contributed by atoms with Crippen molar-refractivity contribution < 1.29 is 18.3 Å². The van der Waals surface area contributed by atoms with E-state index < -0.39 is 11.6 Å². The van der Waals surface area contributed by atoms with Gasteiger partial charge in [-0.25, -0.2) is 8.78 Å². The Balaban J connectivity index is 1.50. The molecule has 0 aliphatic carbocycles. The third-order valence-corrected chi connectivity index (χ3v) is 4.51. The Bertz CT molecular complexity index is 744. The molecule has 0 N–H and O–H groups in total. The van der Waals surface area contributed by atoms with Gasteiger partial charge in [0.15, 0.2) is 11.6 Å². The number of piperidine rings is 1. The second kappa shape index (κ2) is 7.83. The van der Waals surface area contributed by atoms with Crippen molar-refractivity contribution in [3.8, 4) is 5.75 Å². The van der Waals surface area contributed by atoms with Crippen molar-refractivity contribution in [1.82, 2.24) is 4.90 Å². The number of ether oxygens (including phenoxy) is 1. The number of hydrogen-bond acceptors (Lipinski definition) is 2. The fourth-order valence-electron chi connectivity index (χ4n) is 2.85. The van der Waals surface area contributed by atoms with Crippen molar-refractivity contribution in [2.45, 2.75) is 25.4 Å². The minimum atomic E-state index is -0.923. The summed E-state index contributed by atoms with van der Waals surface area (Å²) in [7, 11) is 0. The SMILES string of the molecule is O=C(Cc1ccc(Cl)cc1)N1CCC(Oc2ccc(F)c(F)c2)CC1. The van der Waals surface area contributed by atoms with Crippen molar-refractivity contribution in [3.05, 3.63) is 64.7 Å². The topological polar surface area (TPSA) is 29.5 Å². The molecule has 132 valence electrons. The van der Waals surface area contributed by atoms with Crippen LogP contribution in [0.15, 0.2) is 42.5 Å². The quantitative estimate of drug-likeness (QED) is 0.811. The Morgan fingerprint density at radius 1 is 1.08 bits per heavy atom. The lowest BCUT2D eigenvalue weighted by molar-refractivity contribution is -0.132. The molecular formula is C19H18ClF2NO2. The molecule has 0 saturated carbocycles. The number of benzene rings is 2. The highest BCUT2D eigenvalue weighted by Gasteiger charge is 2.24. The maximum absolute atomic E-state index is 13.2. The maximum Gasteiger partial charge on any atom is 0.226 e. The molecule has 1 amide bonds. The molecule has 3 nitrogen and oxygen atoms in total. The molecular weight excluding hydrogens is 348 g/mol. The van der Waals surface area contributed by atoms with E-state index >= 15 is 0 Å². The standard InChI is InChI=1S/C19H18ClF2NO2/c20-14-3-1-13(2-4-14)11-19(24)23-9-7-15(8-10-23)25-16-5-6-17(21)18(22)12-16/h1-6,12,15H,7-11H2. The highest BCUT2D eigenvalue weighted by molar-refractivity contribution is 6.30. The summed E-state index contributed by atoms with van der Waals surface area (Å²) in [5.41, 5.74) is 0.926. The summed E-state index contributed by atoms with van der Waals surface area (Å²) >= 11 is 5.84. The van der Waals surface area contributed by atoms with Gasteiger partial charge in [-0.15, -0.1) is 0 Å². The molecule has 1 aliphatic rings. The second-order valence-electron chi connectivity index (χ2n) is 6.08. The normalized spacial score (nSPS) is 15.2. The van der Waals surface area contributed by atoms with Crippen LogP contribution in [0.5, 0.6) is 5.75 Å². The van der Waals surface area contributed by atoms with Crippen molar-refractivity contribution >= 4 is 17.5 Å². The van der Waals surface area contributed by atoms with E-state index in [0.717, 1.165) is 17.7 Å². The fraction of sp³-hybridized carbons (Fsp3) is 0.316. The van der Waals surface area contributed by atoms with Crippen LogP contribution in [0, 0.1) is 11.6 Å². The highest BCUT2D eigenvalue weighted by Crippen LogP contribution is 2.21. The van der Waals surface area contributed by atoms with Gasteiger partial charge in [-0.1, -0.05) is 23.7 Å². The summed E-state index contributed by atoms with van der Waals surface area (Å²) in [6.45, 7) is 1.17. The highest BCUT2D eigenvalue weighted by atomic mass is 35.5. The fourth-order valence-corrected chi connectivity index (χ4v) is 2.98. The number of carbonyl (C=O) groups is 1. The number of nitrogens with zero attached hydrogens (tertiary/aromatic N) is 1. The summed E-state index contributed by atoms with van der Waals surface area (Å²) in [6.07, 6.45) is 1.55. The average molecular weight is 366 g/mol. The molecule has 0 atom stereocenters. The van der Waals surface area contributed by atoms with Gasteiger partial charge in [0, 0.05) is 37.0 Å². The number of likely N-dealkylation sites (tertiary alicyclic amines) is 1. The van der Waals surface area contributed by atoms with Gasteiger partial charge in [0.25, 0.3) is 0 Å². The molecule has 2 aromatic carbocycles. The summed E-state index contributed by atoms with van der Waals surface area (Å²) in [5, 5.41) is 0.645. The number of carbonyl (C=O) groups excluding carboxylic acids is 1. The van der Waals surface area contributed by atoms with Gasteiger partial charge in [0.05, 0.1) is 6.42 Å². The molecule has 2 aromatic rings. The van der Waals surface area contributed by atoms with Crippen LogP contribution < -0.4 is 4.74 Å². The van der Waals surface area contributed by atoms with E-state index in [2.05, 4.69) is 0 Å². The third-order valence-electron chi connectivity index (χ3n) is 4.26. The molecule has 25 heavy (non-hydrogen) atoms. The number of hydrogen-bond donors (Lipinski definition) is 0. The van der Waals surface area contributed by atoms with E-state index in [1.165, 1.54) is 6.07 Å². The van der Waals surface area contributed by atoms with Crippen molar-refractivity contribution in [2.24, 2.45) is 0 Å². The van der Waals surface area contributed by atoms with Crippen LogP contribution in [0.1, 0.15) is 18.4 Å². The minimum Gasteiger partial charge on any atom is -0.490 e. The molecule has 0 spiro atoms. The van der Waals surface area contributed by atoms with Gasteiger partial charge < -0.3 is 9.64 Å². The summed E-state index contributed by atoms with van der Waals surface area (Å²) in [5.74, 6) is -1.44. The predicted octanol–water partition coefficient (Wildman–Crippen LogP) is 4.23. The number of halogens is 3. The van der Waals surface area contributed by atoms with Gasteiger partial charge in [-0.3, -0.25) is 4.79 Å². The largest absolute Gasteiger partial charge is 0.490 e. The van der Waals surface area contributed by atoms with E-state index in [9.17, 15) is 13.6 Å². The Morgan fingerprint density at radius 2 is 1.76 bits per heavy atom. The maximum atomic E-state index is 13.2. The van der Waals surface area contributed by atoms with Crippen LogP contribution >= 0.6 is 11.6 Å². The zero-order valence-electron chi connectivity index (χ0n) is 13.6. The zero-order chi connectivity index (χ0) is 17.8. The van der Waals surface area contributed by atoms with E-state index in [-0.39, 0.29) is 12.0 Å². The first kappa shape index (κ1) is 17.7. The number of amides is 1. The second-order valence-corrected chi connectivity index (χ2v) is 6.51. The third kappa shape index (κ3) is 4.69. The molecule has 0 unspecified atom stereocenters. The Kier molecular flexibility index (Phi) is 5.53. The first-order valence-electron chi connectivity index (χ1n) is 8.15. The Labute approximate surface area is 150 Å².